The van der Waals surface area contributed by atoms with E-state index in [2.05, 4.69) is 10.3 Å². The zero-order valence-corrected chi connectivity index (χ0v) is 16.8. The van der Waals surface area contributed by atoms with Gasteiger partial charge in [-0.3, -0.25) is 14.0 Å². The fraction of sp³-hybridized carbons (Fsp3) is 0.316. The number of halogens is 3. The van der Waals surface area contributed by atoms with Crippen molar-refractivity contribution in [1.29, 1.82) is 0 Å². The number of carbonyl (C=O) groups is 2. The molecule has 2 amide bonds. The van der Waals surface area contributed by atoms with Crippen molar-refractivity contribution >= 4 is 28.1 Å². The number of likely N-dealkylation sites (N-methyl/N-ethyl adjacent to an activating group) is 1. The molecule has 2 heterocycles. The first-order chi connectivity index (χ1) is 13.6. The maximum Gasteiger partial charge on any atom is 0.416 e. The summed E-state index contributed by atoms with van der Waals surface area (Å²) in [6.07, 6.45) is -2.51. The van der Waals surface area contributed by atoms with Gasteiger partial charge in [-0.1, -0.05) is 0 Å². The highest BCUT2D eigenvalue weighted by atomic mass is 32.1. The topological polar surface area (TPSA) is 66.7 Å². The summed E-state index contributed by atoms with van der Waals surface area (Å²) in [5.41, 5.74) is 0.922. The number of aromatic nitrogens is 2. The van der Waals surface area contributed by atoms with Gasteiger partial charge >= 0.3 is 6.18 Å². The van der Waals surface area contributed by atoms with E-state index in [-0.39, 0.29) is 18.0 Å². The molecule has 0 atom stereocenters. The smallest absolute Gasteiger partial charge is 0.343 e. The lowest BCUT2D eigenvalue weighted by molar-refractivity contribution is -0.137. The standard InChI is InChI=1S/C19H19F3N4O2S/c1-11-9-26-15(12(2)24-18(26)29-11)10-25(3)16(27)8-23-17(28)13-4-6-14(7-5-13)19(20,21)22/h4-7,9H,8,10H2,1-3H3,(H,23,28). The minimum Gasteiger partial charge on any atom is -0.343 e. The van der Waals surface area contributed by atoms with Crippen molar-refractivity contribution in [3.63, 3.8) is 0 Å². The van der Waals surface area contributed by atoms with Crippen LogP contribution >= 0.6 is 11.3 Å². The van der Waals surface area contributed by atoms with Crippen LogP contribution in [0.2, 0.25) is 0 Å². The van der Waals surface area contributed by atoms with Crippen LogP contribution in [0.25, 0.3) is 4.96 Å². The number of aryl methyl sites for hydroxylation is 2. The molecule has 6 nitrogen and oxygen atoms in total. The Morgan fingerprint density at radius 1 is 1.21 bits per heavy atom. The molecule has 1 N–H and O–H groups in total. The summed E-state index contributed by atoms with van der Waals surface area (Å²) in [6, 6.07) is 3.83. The Hall–Kier alpha value is -2.88. The van der Waals surface area contributed by atoms with Crippen molar-refractivity contribution in [2.75, 3.05) is 13.6 Å². The van der Waals surface area contributed by atoms with Crippen molar-refractivity contribution in [2.24, 2.45) is 0 Å². The fourth-order valence-corrected chi connectivity index (χ4v) is 3.71. The number of benzene rings is 1. The molecule has 0 bridgehead atoms. The molecular weight excluding hydrogens is 405 g/mol. The number of nitrogens with zero attached hydrogens (tertiary/aromatic N) is 3. The van der Waals surface area contributed by atoms with Crippen LogP contribution in [0.5, 0.6) is 0 Å². The van der Waals surface area contributed by atoms with Crippen LogP contribution in [-0.2, 0) is 17.5 Å². The van der Waals surface area contributed by atoms with Crippen LogP contribution in [0.1, 0.15) is 32.2 Å². The van der Waals surface area contributed by atoms with E-state index in [1.165, 1.54) is 4.90 Å². The van der Waals surface area contributed by atoms with E-state index in [4.69, 9.17) is 0 Å². The highest BCUT2D eigenvalue weighted by Crippen LogP contribution is 2.29. The largest absolute Gasteiger partial charge is 0.416 e. The molecule has 3 aromatic rings. The summed E-state index contributed by atoms with van der Waals surface area (Å²) in [6.45, 7) is 3.90. The molecule has 29 heavy (non-hydrogen) atoms. The van der Waals surface area contributed by atoms with E-state index in [9.17, 15) is 22.8 Å². The molecular formula is C19H19F3N4O2S. The molecule has 0 radical (unpaired) electrons. The quantitative estimate of drug-likeness (QED) is 0.683. The molecule has 0 unspecified atom stereocenters. The lowest BCUT2D eigenvalue weighted by Gasteiger charge is -2.17. The maximum atomic E-state index is 12.6. The van der Waals surface area contributed by atoms with Crippen LogP contribution in [0.3, 0.4) is 0 Å². The Kier molecular flexibility index (Phi) is 5.65. The summed E-state index contributed by atoms with van der Waals surface area (Å²) >= 11 is 1.56. The van der Waals surface area contributed by atoms with Crippen molar-refractivity contribution in [1.82, 2.24) is 19.6 Å². The average molecular weight is 424 g/mol. The van der Waals surface area contributed by atoms with Crippen molar-refractivity contribution in [2.45, 2.75) is 26.6 Å². The number of hydrogen-bond acceptors (Lipinski definition) is 4. The molecule has 0 aliphatic rings. The van der Waals surface area contributed by atoms with Gasteiger partial charge in [0.2, 0.25) is 5.91 Å². The molecule has 154 valence electrons. The second-order valence-electron chi connectivity index (χ2n) is 6.65. The lowest BCUT2D eigenvalue weighted by Crippen LogP contribution is -2.38. The SMILES string of the molecule is Cc1cn2c(CN(C)C(=O)CNC(=O)c3ccc(C(F)(F)F)cc3)c(C)nc2s1. The monoisotopic (exact) mass is 424 g/mol. The first-order valence-corrected chi connectivity index (χ1v) is 9.51. The highest BCUT2D eigenvalue weighted by Gasteiger charge is 2.30. The third-order valence-electron chi connectivity index (χ3n) is 4.43. The Balaban J connectivity index is 1.59. The minimum atomic E-state index is -4.47. The second kappa shape index (κ2) is 7.86. The molecule has 0 aliphatic heterocycles. The normalized spacial score (nSPS) is 11.7. The number of hydrogen-bond donors (Lipinski definition) is 1. The fourth-order valence-electron chi connectivity index (χ4n) is 2.82. The number of amides is 2. The van der Waals surface area contributed by atoms with Gasteiger partial charge in [0.1, 0.15) is 0 Å². The van der Waals surface area contributed by atoms with Gasteiger partial charge in [0, 0.05) is 23.7 Å². The Labute approximate surface area is 169 Å². The van der Waals surface area contributed by atoms with Crippen LogP contribution in [0.4, 0.5) is 13.2 Å². The van der Waals surface area contributed by atoms with Gasteiger partial charge in [0.15, 0.2) is 4.96 Å². The first kappa shape index (κ1) is 20.8. The van der Waals surface area contributed by atoms with Gasteiger partial charge in [-0.25, -0.2) is 4.98 Å². The zero-order chi connectivity index (χ0) is 21.3. The van der Waals surface area contributed by atoms with Gasteiger partial charge in [-0.2, -0.15) is 13.2 Å². The van der Waals surface area contributed by atoms with Gasteiger partial charge in [-0.15, -0.1) is 11.3 Å². The molecule has 0 saturated carbocycles. The molecule has 1 aromatic carbocycles. The molecule has 0 saturated heterocycles. The molecule has 0 aliphatic carbocycles. The first-order valence-electron chi connectivity index (χ1n) is 8.69. The summed E-state index contributed by atoms with van der Waals surface area (Å²) in [4.78, 5) is 32.4. The summed E-state index contributed by atoms with van der Waals surface area (Å²) in [5.74, 6) is -0.941. The third kappa shape index (κ3) is 4.58. The molecule has 2 aromatic heterocycles. The minimum absolute atomic E-state index is 0.0514. The van der Waals surface area contributed by atoms with Crippen molar-refractivity contribution in [3.8, 4) is 0 Å². The highest BCUT2D eigenvalue weighted by molar-refractivity contribution is 7.17. The van der Waals surface area contributed by atoms with Gasteiger partial charge in [-0.05, 0) is 38.1 Å². The third-order valence-corrected chi connectivity index (χ3v) is 5.33. The Bertz CT molecular complexity index is 1050. The average Bonchev–Trinajstić information content (AvgIpc) is 3.14. The van der Waals surface area contributed by atoms with Crippen LogP contribution in [0, 0.1) is 13.8 Å². The van der Waals surface area contributed by atoms with Gasteiger partial charge in [0.25, 0.3) is 5.91 Å². The molecule has 0 fully saturated rings. The summed E-state index contributed by atoms with van der Waals surface area (Å²) in [5, 5.41) is 2.44. The second-order valence-corrected chi connectivity index (χ2v) is 7.86. The zero-order valence-electron chi connectivity index (χ0n) is 16.0. The van der Waals surface area contributed by atoms with Crippen molar-refractivity contribution in [3.05, 3.63) is 57.9 Å². The van der Waals surface area contributed by atoms with E-state index in [1.54, 1.807) is 18.4 Å². The maximum absolute atomic E-state index is 12.6. The van der Waals surface area contributed by atoms with E-state index in [0.29, 0.717) is 6.54 Å². The van der Waals surface area contributed by atoms with Crippen molar-refractivity contribution < 1.29 is 22.8 Å². The van der Waals surface area contributed by atoms with Crippen LogP contribution in [0.15, 0.2) is 30.5 Å². The number of carbonyl (C=O) groups excluding carboxylic acids is 2. The summed E-state index contributed by atoms with van der Waals surface area (Å²) in [7, 11) is 1.62. The number of rotatable bonds is 5. The molecule has 10 heteroatoms. The predicted octanol–water partition coefficient (Wildman–Crippen LogP) is 3.42. The lowest BCUT2D eigenvalue weighted by atomic mass is 10.1. The summed E-state index contributed by atoms with van der Waals surface area (Å²) < 4.78 is 39.7. The Morgan fingerprint density at radius 2 is 1.86 bits per heavy atom. The van der Waals surface area contributed by atoms with E-state index in [1.807, 2.05) is 24.4 Å². The number of alkyl halides is 3. The Morgan fingerprint density at radius 3 is 2.48 bits per heavy atom. The number of fused-ring (bicyclic) bond motifs is 1. The number of imidazole rings is 1. The predicted molar refractivity (Wildman–Crippen MR) is 103 cm³/mol. The van der Waals surface area contributed by atoms with E-state index >= 15 is 0 Å². The van der Waals surface area contributed by atoms with Crippen LogP contribution < -0.4 is 5.32 Å². The van der Waals surface area contributed by atoms with E-state index < -0.39 is 17.6 Å². The van der Waals surface area contributed by atoms with Crippen LogP contribution in [-0.4, -0.2) is 39.7 Å². The van der Waals surface area contributed by atoms with Gasteiger partial charge < -0.3 is 10.2 Å². The van der Waals surface area contributed by atoms with Gasteiger partial charge in [0.05, 0.1) is 30.0 Å². The molecule has 0 spiro atoms. The number of nitrogens with one attached hydrogen (secondary N) is 1. The molecule has 3 rings (SSSR count). The van der Waals surface area contributed by atoms with E-state index in [0.717, 1.165) is 45.5 Å². The number of thiazole rings is 1.